The van der Waals surface area contributed by atoms with Crippen LogP contribution in [0.3, 0.4) is 0 Å². The van der Waals surface area contributed by atoms with Crippen molar-refractivity contribution in [3.63, 3.8) is 0 Å². The van der Waals surface area contributed by atoms with Crippen molar-refractivity contribution in [3.8, 4) is 0 Å². The van der Waals surface area contributed by atoms with E-state index in [1.54, 1.807) is 7.05 Å². The summed E-state index contributed by atoms with van der Waals surface area (Å²) in [4.78, 5) is 13.1. The minimum atomic E-state index is -4.49. The van der Waals surface area contributed by atoms with Crippen molar-refractivity contribution in [2.45, 2.75) is 12.7 Å². The number of anilines is 1. The molecule has 106 valence electrons. The van der Waals surface area contributed by atoms with Crippen molar-refractivity contribution in [2.24, 2.45) is 0 Å². The van der Waals surface area contributed by atoms with Gasteiger partial charge in [-0.05, 0) is 29.6 Å². The topological polar surface area (TPSA) is 20.3 Å². The van der Waals surface area contributed by atoms with Gasteiger partial charge < -0.3 is 4.90 Å². The molecular weight excluding hydrogens is 287 g/mol. The molecule has 0 aliphatic carbocycles. The van der Waals surface area contributed by atoms with E-state index in [1.807, 2.05) is 17.5 Å². The van der Waals surface area contributed by atoms with Crippen LogP contribution in [0, 0.1) is 0 Å². The first-order valence-corrected chi connectivity index (χ1v) is 6.69. The Morgan fingerprint density at radius 1 is 1.30 bits per heavy atom. The molecule has 0 N–H and O–H groups in total. The van der Waals surface area contributed by atoms with Gasteiger partial charge in [0, 0.05) is 23.2 Å². The number of carbonyl (C=O) groups is 1. The van der Waals surface area contributed by atoms with Gasteiger partial charge in [0.2, 0.25) is 0 Å². The van der Waals surface area contributed by atoms with E-state index in [0.717, 1.165) is 10.9 Å². The van der Waals surface area contributed by atoms with Gasteiger partial charge in [-0.2, -0.15) is 13.2 Å². The zero-order valence-corrected chi connectivity index (χ0v) is 11.5. The highest BCUT2D eigenvalue weighted by Crippen LogP contribution is 2.37. The van der Waals surface area contributed by atoms with Gasteiger partial charge in [0.05, 0.1) is 12.1 Å². The number of hydrogen-bond acceptors (Lipinski definition) is 3. The van der Waals surface area contributed by atoms with Crippen molar-refractivity contribution < 1.29 is 18.0 Å². The molecule has 0 bridgehead atoms. The van der Waals surface area contributed by atoms with Crippen molar-refractivity contribution in [1.29, 1.82) is 0 Å². The Labute approximate surface area is 118 Å². The van der Waals surface area contributed by atoms with Crippen molar-refractivity contribution >= 4 is 23.3 Å². The predicted octanol–water partition coefficient (Wildman–Crippen LogP) is 4.22. The minimum Gasteiger partial charge on any atom is -0.369 e. The molecular formula is C14H12F3NOS. The second-order valence-corrected chi connectivity index (χ2v) is 5.36. The molecule has 0 spiro atoms. The molecule has 20 heavy (non-hydrogen) atoms. The van der Waals surface area contributed by atoms with E-state index in [2.05, 4.69) is 0 Å². The second-order valence-electron chi connectivity index (χ2n) is 4.33. The predicted molar refractivity (Wildman–Crippen MR) is 73.3 cm³/mol. The van der Waals surface area contributed by atoms with Gasteiger partial charge in [-0.25, -0.2) is 0 Å². The Hall–Kier alpha value is -1.82. The molecule has 6 heteroatoms. The molecule has 0 saturated heterocycles. The fraction of sp³-hybridized carbons (Fsp3) is 0.214. The van der Waals surface area contributed by atoms with Crippen molar-refractivity contribution in [1.82, 2.24) is 0 Å². The lowest BCUT2D eigenvalue weighted by molar-refractivity contribution is -0.137. The fourth-order valence-electron chi connectivity index (χ4n) is 1.91. The molecule has 0 fully saturated rings. The number of nitrogens with zero attached hydrogens (tertiary/aromatic N) is 1. The third-order valence-corrected chi connectivity index (χ3v) is 3.71. The van der Waals surface area contributed by atoms with Gasteiger partial charge in [0.25, 0.3) is 0 Å². The second kappa shape index (κ2) is 5.66. The number of halogens is 3. The molecule has 1 aromatic carbocycles. The molecule has 0 saturated carbocycles. The van der Waals surface area contributed by atoms with Crippen molar-refractivity contribution in [3.05, 3.63) is 51.7 Å². The van der Waals surface area contributed by atoms with Gasteiger partial charge in [-0.3, -0.25) is 4.79 Å². The van der Waals surface area contributed by atoms with Crippen LogP contribution in [0.4, 0.5) is 18.9 Å². The van der Waals surface area contributed by atoms with E-state index in [4.69, 9.17) is 0 Å². The van der Waals surface area contributed by atoms with Crippen LogP contribution in [0.5, 0.6) is 0 Å². The summed E-state index contributed by atoms with van der Waals surface area (Å²) in [5.74, 6) is 0. The van der Waals surface area contributed by atoms with Crippen LogP contribution >= 0.6 is 11.3 Å². The van der Waals surface area contributed by atoms with Crippen molar-refractivity contribution in [2.75, 3.05) is 11.9 Å². The lowest BCUT2D eigenvalue weighted by atomic mass is 10.1. The number of rotatable bonds is 4. The van der Waals surface area contributed by atoms with Crippen LogP contribution in [0.25, 0.3) is 0 Å². The van der Waals surface area contributed by atoms with E-state index < -0.39 is 11.7 Å². The molecule has 1 aromatic heterocycles. The normalized spacial score (nSPS) is 11.4. The molecule has 0 aliphatic rings. The van der Waals surface area contributed by atoms with Crippen LogP contribution in [0.15, 0.2) is 35.7 Å². The highest BCUT2D eigenvalue weighted by Gasteiger charge is 2.34. The largest absolute Gasteiger partial charge is 0.418 e. The summed E-state index contributed by atoms with van der Waals surface area (Å²) in [5, 5.41) is 1.88. The number of carbonyl (C=O) groups excluding carboxylic acids is 1. The summed E-state index contributed by atoms with van der Waals surface area (Å²) in [7, 11) is 1.60. The van der Waals surface area contributed by atoms with Gasteiger partial charge in [-0.1, -0.05) is 6.07 Å². The van der Waals surface area contributed by atoms with E-state index in [-0.39, 0.29) is 11.3 Å². The molecule has 2 nitrogen and oxygen atoms in total. The summed E-state index contributed by atoms with van der Waals surface area (Å²) < 4.78 is 39.2. The molecule has 0 aliphatic heterocycles. The number of benzene rings is 1. The lowest BCUT2D eigenvalue weighted by Crippen LogP contribution is -2.20. The number of thiophene rings is 1. The number of alkyl halides is 3. The quantitative estimate of drug-likeness (QED) is 0.788. The van der Waals surface area contributed by atoms with Gasteiger partial charge in [0.1, 0.15) is 6.29 Å². The summed E-state index contributed by atoms with van der Waals surface area (Å²) in [6, 6.07) is 7.33. The Bertz CT molecular complexity index is 593. The van der Waals surface area contributed by atoms with Crippen LogP contribution < -0.4 is 4.90 Å². The average Bonchev–Trinajstić information content (AvgIpc) is 2.89. The van der Waals surface area contributed by atoms with Crippen LogP contribution in [-0.4, -0.2) is 13.3 Å². The van der Waals surface area contributed by atoms with Gasteiger partial charge in [-0.15, -0.1) is 11.3 Å². The zero-order chi connectivity index (χ0) is 14.8. The smallest absolute Gasteiger partial charge is 0.369 e. The van der Waals surface area contributed by atoms with Crippen LogP contribution in [-0.2, 0) is 12.7 Å². The molecule has 0 radical (unpaired) electrons. The van der Waals surface area contributed by atoms with E-state index in [0.29, 0.717) is 12.8 Å². The molecule has 1 heterocycles. The third kappa shape index (κ3) is 3.19. The molecule has 2 aromatic rings. The summed E-state index contributed by atoms with van der Waals surface area (Å²) >= 11 is 1.49. The van der Waals surface area contributed by atoms with Crippen LogP contribution in [0.2, 0.25) is 0 Å². The SMILES string of the molecule is CN(Cc1cccs1)c1ccc(C=O)cc1C(F)(F)F. The number of aldehydes is 1. The summed E-state index contributed by atoms with van der Waals surface area (Å²) in [6.45, 7) is 0.390. The molecule has 0 amide bonds. The third-order valence-electron chi connectivity index (χ3n) is 2.85. The Morgan fingerprint density at radius 2 is 2.05 bits per heavy atom. The van der Waals surface area contributed by atoms with Crippen LogP contribution in [0.1, 0.15) is 20.8 Å². The zero-order valence-electron chi connectivity index (χ0n) is 10.6. The first-order chi connectivity index (χ1) is 9.41. The van der Waals surface area contributed by atoms with E-state index >= 15 is 0 Å². The highest BCUT2D eigenvalue weighted by molar-refractivity contribution is 7.09. The summed E-state index contributed by atoms with van der Waals surface area (Å²) in [5.41, 5.74) is -0.705. The molecule has 0 unspecified atom stereocenters. The fourth-order valence-corrected chi connectivity index (χ4v) is 2.67. The Kier molecular flexibility index (Phi) is 4.13. The Balaban J connectivity index is 2.37. The maximum atomic E-state index is 13.1. The molecule has 2 rings (SSSR count). The Morgan fingerprint density at radius 3 is 2.60 bits per heavy atom. The number of hydrogen-bond donors (Lipinski definition) is 0. The first-order valence-electron chi connectivity index (χ1n) is 5.82. The first kappa shape index (κ1) is 14.6. The summed E-state index contributed by atoms with van der Waals surface area (Å²) in [6.07, 6.45) is -4.07. The van der Waals surface area contributed by atoms with E-state index in [1.165, 1.54) is 28.4 Å². The average molecular weight is 299 g/mol. The maximum Gasteiger partial charge on any atom is 0.418 e. The maximum absolute atomic E-state index is 13.1. The van der Waals surface area contributed by atoms with Gasteiger partial charge >= 0.3 is 6.18 Å². The van der Waals surface area contributed by atoms with E-state index in [9.17, 15) is 18.0 Å². The monoisotopic (exact) mass is 299 g/mol. The standard InChI is InChI=1S/C14H12F3NOS/c1-18(8-11-3-2-6-20-11)13-5-4-10(9-19)7-12(13)14(15,16)17/h2-7,9H,8H2,1H3. The highest BCUT2D eigenvalue weighted by atomic mass is 32.1. The van der Waals surface area contributed by atoms with Gasteiger partial charge in [0.15, 0.2) is 0 Å². The minimum absolute atomic E-state index is 0.0191. The lowest BCUT2D eigenvalue weighted by Gasteiger charge is -2.23. The molecule has 0 atom stereocenters.